The molecule has 0 atom stereocenters. The number of rotatable bonds is 8. The number of amides is 3. The van der Waals surface area contributed by atoms with Crippen LogP contribution in [-0.2, 0) is 11.8 Å². The van der Waals surface area contributed by atoms with E-state index in [0.717, 1.165) is 27.7 Å². The summed E-state index contributed by atoms with van der Waals surface area (Å²) < 4.78 is 12.9. The molecular formula is C34H30N6O5. The lowest BCUT2D eigenvalue weighted by atomic mass is 9.99. The van der Waals surface area contributed by atoms with Gasteiger partial charge in [0.1, 0.15) is 11.4 Å². The third kappa shape index (κ3) is 6.01. The summed E-state index contributed by atoms with van der Waals surface area (Å²) in [5.74, 6) is 0.167. The minimum absolute atomic E-state index is 0.0902. The van der Waals surface area contributed by atoms with Crippen molar-refractivity contribution >= 4 is 46.2 Å². The van der Waals surface area contributed by atoms with Crippen LogP contribution < -0.4 is 15.4 Å². The van der Waals surface area contributed by atoms with Crippen LogP contribution >= 0.6 is 0 Å². The number of Topliss-reactive ketones (excluding diaryl/α,β-unsaturated/α-hetero) is 1. The van der Waals surface area contributed by atoms with Gasteiger partial charge in [-0.05, 0) is 65.7 Å². The van der Waals surface area contributed by atoms with Crippen molar-refractivity contribution in [3.8, 4) is 16.9 Å². The zero-order chi connectivity index (χ0) is 31.5. The summed E-state index contributed by atoms with van der Waals surface area (Å²) in [7, 11) is 5.24. The lowest BCUT2D eigenvalue weighted by molar-refractivity contribution is 0.0744. The second-order valence-corrected chi connectivity index (χ2v) is 10.5. The van der Waals surface area contributed by atoms with Crippen LogP contribution in [0.2, 0.25) is 0 Å². The van der Waals surface area contributed by atoms with Crippen molar-refractivity contribution < 1.29 is 23.9 Å². The van der Waals surface area contributed by atoms with Gasteiger partial charge in [-0.2, -0.15) is 0 Å². The molecule has 6 rings (SSSR count). The van der Waals surface area contributed by atoms with Crippen molar-refractivity contribution in [1.29, 1.82) is 0 Å². The largest absolute Gasteiger partial charge is 0.452 e. The Hall–Kier alpha value is -5.81. The zero-order valence-electron chi connectivity index (χ0n) is 24.9. The number of nitrogens with zero attached hydrogens (tertiary/aromatic N) is 4. The molecule has 2 aromatic carbocycles. The van der Waals surface area contributed by atoms with E-state index < -0.39 is 6.03 Å². The lowest BCUT2D eigenvalue weighted by Gasteiger charge is -2.16. The molecule has 0 saturated carbocycles. The van der Waals surface area contributed by atoms with Crippen LogP contribution in [0.25, 0.3) is 28.2 Å². The molecule has 0 unspecified atom stereocenters. The van der Waals surface area contributed by atoms with Crippen LogP contribution in [0.15, 0.2) is 91.2 Å². The van der Waals surface area contributed by atoms with Gasteiger partial charge in [0.2, 0.25) is 5.78 Å². The van der Waals surface area contributed by atoms with Crippen LogP contribution in [0, 0.1) is 0 Å². The number of carbonyl (C=O) groups excluding carboxylic acids is 3. The number of fused-ring (bicyclic) bond motifs is 2. The molecule has 1 aliphatic heterocycles. The molecular weight excluding hydrogens is 572 g/mol. The maximum Gasteiger partial charge on any atom is 0.323 e. The predicted octanol–water partition coefficient (Wildman–Crippen LogP) is 5.61. The van der Waals surface area contributed by atoms with Gasteiger partial charge in [-0.1, -0.05) is 12.1 Å². The minimum Gasteiger partial charge on any atom is -0.452 e. The van der Waals surface area contributed by atoms with E-state index in [2.05, 4.69) is 20.6 Å². The molecule has 5 aromatic rings. The van der Waals surface area contributed by atoms with Crippen molar-refractivity contribution in [2.24, 2.45) is 7.05 Å². The number of pyridine rings is 2. The van der Waals surface area contributed by atoms with Crippen LogP contribution in [0.5, 0.6) is 5.75 Å². The smallest absolute Gasteiger partial charge is 0.323 e. The van der Waals surface area contributed by atoms with E-state index in [1.165, 1.54) is 6.20 Å². The van der Waals surface area contributed by atoms with E-state index in [0.29, 0.717) is 41.4 Å². The van der Waals surface area contributed by atoms with Gasteiger partial charge in [-0.3, -0.25) is 14.6 Å². The van der Waals surface area contributed by atoms with Gasteiger partial charge in [-0.15, -0.1) is 0 Å². The summed E-state index contributed by atoms with van der Waals surface area (Å²) in [6.45, 7) is 0.953. The molecule has 0 bridgehead atoms. The number of allylic oxidation sites excluding steroid dienone is 1. The number of ketones is 1. The molecule has 0 saturated heterocycles. The number of hydrogen-bond acceptors (Lipinski definition) is 7. The topological polar surface area (TPSA) is 128 Å². The van der Waals surface area contributed by atoms with E-state index in [9.17, 15) is 14.4 Å². The number of anilines is 2. The number of ether oxygens (including phenoxy) is 2. The highest BCUT2D eigenvalue weighted by atomic mass is 16.5. The van der Waals surface area contributed by atoms with Crippen molar-refractivity contribution in [3.05, 3.63) is 108 Å². The average molecular weight is 603 g/mol. The number of nitrogens with one attached hydrogen (secondary N) is 2. The van der Waals surface area contributed by atoms with Crippen molar-refractivity contribution in [1.82, 2.24) is 19.4 Å². The van der Waals surface area contributed by atoms with Gasteiger partial charge >= 0.3 is 6.03 Å². The second-order valence-electron chi connectivity index (χ2n) is 10.5. The summed E-state index contributed by atoms with van der Waals surface area (Å²) in [5, 5.41) is 6.27. The highest BCUT2D eigenvalue weighted by Gasteiger charge is 2.28. The Morgan fingerprint density at radius 3 is 2.58 bits per heavy atom. The normalized spacial score (nSPS) is 13.0. The van der Waals surface area contributed by atoms with Crippen molar-refractivity contribution in [2.75, 3.05) is 37.9 Å². The number of benzene rings is 2. The monoisotopic (exact) mass is 602 g/mol. The fraction of sp³-hybridized carbons (Fsp3) is 0.147. The molecule has 11 nitrogen and oxygen atoms in total. The summed E-state index contributed by atoms with van der Waals surface area (Å²) in [6, 6.07) is 17.2. The van der Waals surface area contributed by atoms with Crippen molar-refractivity contribution in [3.63, 3.8) is 0 Å². The first kappa shape index (κ1) is 29.3. The Morgan fingerprint density at radius 1 is 1.02 bits per heavy atom. The molecule has 3 aromatic heterocycles. The molecule has 226 valence electrons. The van der Waals surface area contributed by atoms with Gasteiger partial charge in [-0.25, -0.2) is 9.78 Å². The first-order valence-electron chi connectivity index (χ1n) is 14.2. The quantitative estimate of drug-likeness (QED) is 0.221. The number of urea groups is 1. The summed E-state index contributed by atoms with van der Waals surface area (Å²) in [5.41, 5.74) is 5.17. The molecule has 4 heterocycles. The highest BCUT2D eigenvalue weighted by molar-refractivity contribution is 6.16. The SMILES string of the molecule is COCCN(C)C(=O)c1ccc(-c2ccnc3c2c(/C=C2\Oc4ccc(NC(=O)Nc5cccnc5)cc4C2=O)cn3C)cc1. The first-order chi connectivity index (χ1) is 21.8. The molecule has 45 heavy (non-hydrogen) atoms. The van der Waals surface area contributed by atoms with Gasteiger partial charge in [0.25, 0.3) is 5.91 Å². The van der Waals surface area contributed by atoms with Crippen LogP contribution in [0.1, 0.15) is 26.3 Å². The molecule has 0 aliphatic carbocycles. The van der Waals surface area contributed by atoms with E-state index in [1.807, 2.05) is 36.0 Å². The number of methoxy groups -OCH3 is 1. The maximum atomic E-state index is 13.5. The molecule has 11 heteroatoms. The molecule has 0 fully saturated rings. The van der Waals surface area contributed by atoms with Gasteiger partial charge < -0.3 is 29.6 Å². The van der Waals surface area contributed by atoms with Crippen molar-refractivity contribution in [2.45, 2.75) is 0 Å². The summed E-state index contributed by atoms with van der Waals surface area (Å²) in [4.78, 5) is 48.9. The Labute approximate surface area is 259 Å². The number of aryl methyl sites for hydroxylation is 1. The third-order valence-electron chi connectivity index (χ3n) is 7.44. The van der Waals surface area contributed by atoms with Crippen LogP contribution in [-0.4, -0.2) is 64.5 Å². The molecule has 0 radical (unpaired) electrons. The van der Waals surface area contributed by atoms with E-state index in [-0.39, 0.29) is 17.4 Å². The third-order valence-corrected chi connectivity index (χ3v) is 7.44. The Balaban J connectivity index is 1.26. The molecule has 0 spiro atoms. The summed E-state index contributed by atoms with van der Waals surface area (Å²) >= 11 is 0. The van der Waals surface area contributed by atoms with Gasteiger partial charge in [0, 0.05) is 68.5 Å². The minimum atomic E-state index is -0.462. The molecule has 2 N–H and O–H groups in total. The first-order valence-corrected chi connectivity index (χ1v) is 14.2. The summed E-state index contributed by atoms with van der Waals surface area (Å²) in [6.07, 6.45) is 8.48. The van der Waals surface area contributed by atoms with Crippen LogP contribution in [0.3, 0.4) is 0 Å². The fourth-order valence-electron chi connectivity index (χ4n) is 5.17. The number of likely N-dealkylation sites (N-methyl/N-ethyl adjacent to an activating group) is 1. The van der Waals surface area contributed by atoms with E-state index >= 15 is 0 Å². The highest BCUT2D eigenvalue weighted by Crippen LogP contribution is 2.37. The van der Waals surface area contributed by atoms with E-state index in [4.69, 9.17) is 9.47 Å². The number of hydrogen-bond donors (Lipinski definition) is 2. The number of aromatic nitrogens is 3. The Bertz CT molecular complexity index is 1950. The molecule has 3 amide bonds. The Morgan fingerprint density at radius 2 is 1.82 bits per heavy atom. The average Bonchev–Trinajstić information content (AvgIpc) is 3.54. The maximum absolute atomic E-state index is 13.5. The van der Waals surface area contributed by atoms with Crippen LogP contribution in [0.4, 0.5) is 16.2 Å². The van der Waals surface area contributed by atoms with E-state index in [1.54, 1.807) is 80.0 Å². The fourth-order valence-corrected chi connectivity index (χ4v) is 5.17. The number of carbonyl (C=O) groups is 3. The van der Waals surface area contributed by atoms with Gasteiger partial charge in [0.15, 0.2) is 5.76 Å². The van der Waals surface area contributed by atoms with Gasteiger partial charge in [0.05, 0.1) is 24.1 Å². The Kier molecular flexibility index (Phi) is 8.08. The standard InChI is InChI=1S/C34H30N6O5/c1-39(15-16-44-3)33(42)22-8-6-21(7-9-22)26-12-14-36-32-30(26)23(20-40(32)2)17-29-31(41)27-18-24(10-11-28(27)45-29)37-34(43)38-25-5-4-13-35-19-25/h4-14,17-20H,15-16H2,1-3H3,(H2,37,38,43)/b29-17-. The second kappa shape index (κ2) is 12.4. The molecule has 1 aliphatic rings. The lowest BCUT2D eigenvalue weighted by Crippen LogP contribution is -2.29. The zero-order valence-corrected chi connectivity index (χ0v) is 24.9. The predicted molar refractivity (Wildman–Crippen MR) is 171 cm³/mol.